The Morgan fingerprint density at radius 2 is 1.58 bits per heavy atom. The fourth-order valence-electron chi connectivity index (χ4n) is 4.50. The number of sulfone groups is 1. The average molecular weight is 378 g/mol. The lowest BCUT2D eigenvalue weighted by molar-refractivity contribution is -0.122. The van der Waals surface area contributed by atoms with E-state index < -0.39 is 9.84 Å². The maximum atomic E-state index is 12.6. The van der Waals surface area contributed by atoms with Gasteiger partial charge in [0.15, 0.2) is 9.84 Å². The molecule has 2 fully saturated rings. The van der Waals surface area contributed by atoms with Gasteiger partial charge in [-0.15, -0.1) is 0 Å². The normalized spacial score (nSPS) is 20.8. The van der Waals surface area contributed by atoms with E-state index in [-0.39, 0.29) is 29.4 Å². The zero-order chi connectivity index (χ0) is 18.4. The summed E-state index contributed by atoms with van der Waals surface area (Å²) in [5, 5.41) is 2.94. The summed E-state index contributed by atoms with van der Waals surface area (Å²) in [5.74, 6) is 0.294. The number of amides is 1. The van der Waals surface area contributed by atoms with E-state index in [2.05, 4.69) is 17.4 Å². The second-order valence-electron chi connectivity index (χ2n) is 7.88. The molecule has 4 nitrogen and oxygen atoms in total. The molecule has 0 aromatic heterocycles. The number of benzene rings is 1. The Kier molecular flexibility index (Phi) is 6.74. The molecule has 0 aliphatic heterocycles. The standard InChI is InChI=1S/C21H31NO3S/c23-20(15-16-26(24,25)19-13-7-8-14-19)22-21(17-9-3-1-4-10-17)18-11-5-2-6-12-18/h1,3-4,9-10,18-19,21H,2,5-8,11-16H2,(H,22,23)/t21-/m0/s1. The Morgan fingerprint density at radius 3 is 2.23 bits per heavy atom. The molecule has 144 valence electrons. The zero-order valence-corrected chi connectivity index (χ0v) is 16.3. The Labute approximate surface area is 157 Å². The van der Waals surface area contributed by atoms with Crippen LogP contribution in [0.5, 0.6) is 0 Å². The van der Waals surface area contributed by atoms with Gasteiger partial charge in [0.25, 0.3) is 0 Å². The molecular weight excluding hydrogens is 346 g/mol. The van der Waals surface area contributed by atoms with Crippen molar-refractivity contribution in [1.82, 2.24) is 5.32 Å². The van der Waals surface area contributed by atoms with Gasteiger partial charge in [0.2, 0.25) is 5.91 Å². The van der Waals surface area contributed by atoms with Crippen LogP contribution in [0.25, 0.3) is 0 Å². The van der Waals surface area contributed by atoms with E-state index in [9.17, 15) is 13.2 Å². The minimum absolute atomic E-state index is 0.00168. The van der Waals surface area contributed by atoms with Gasteiger partial charge in [-0.05, 0) is 37.2 Å². The fraction of sp³-hybridized carbons (Fsp3) is 0.667. The molecule has 26 heavy (non-hydrogen) atoms. The maximum absolute atomic E-state index is 12.6. The van der Waals surface area contributed by atoms with E-state index in [0.29, 0.717) is 5.92 Å². The monoisotopic (exact) mass is 377 g/mol. The summed E-state index contributed by atoms with van der Waals surface area (Å²) >= 11 is 0. The van der Waals surface area contributed by atoms with Gasteiger partial charge in [0.05, 0.1) is 17.0 Å². The molecule has 2 saturated carbocycles. The summed E-state index contributed by atoms with van der Waals surface area (Å²) in [7, 11) is -3.14. The van der Waals surface area contributed by atoms with Gasteiger partial charge in [0.1, 0.15) is 0 Å². The SMILES string of the molecule is O=C(CCS(=O)(=O)C1CCCC1)N[C@@H](c1ccccc1)C1CCCCC1. The third kappa shape index (κ3) is 5.09. The van der Waals surface area contributed by atoms with Gasteiger partial charge < -0.3 is 5.32 Å². The number of hydrogen-bond acceptors (Lipinski definition) is 3. The maximum Gasteiger partial charge on any atom is 0.221 e. The number of rotatable bonds is 7. The molecule has 1 aromatic carbocycles. The molecule has 0 bridgehead atoms. The number of nitrogens with one attached hydrogen (secondary N) is 1. The second-order valence-corrected chi connectivity index (χ2v) is 10.3. The van der Waals surface area contributed by atoms with Crippen LogP contribution in [0.1, 0.15) is 75.8 Å². The third-order valence-corrected chi connectivity index (χ3v) is 8.28. The van der Waals surface area contributed by atoms with E-state index in [1.54, 1.807) is 0 Å². The fourth-order valence-corrected chi connectivity index (χ4v) is 6.35. The van der Waals surface area contributed by atoms with Crippen molar-refractivity contribution >= 4 is 15.7 Å². The highest BCUT2D eigenvalue weighted by Gasteiger charge is 2.30. The summed E-state index contributed by atoms with van der Waals surface area (Å²) in [5.41, 5.74) is 1.13. The molecule has 0 heterocycles. The Balaban J connectivity index is 1.61. The molecule has 0 saturated heterocycles. The number of carbonyl (C=O) groups excluding carboxylic acids is 1. The highest BCUT2D eigenvalue weighted by Crippen LogP contribution is 2.34. The van der Waals surface area contributed by atoms with Gasteiger partial charge in [-0.1, -0.05) is 62.4 Å². The molecule has 1 atom stereocenters. The highest BCUT2D eigenvalue weighted by molar-refractivity contribution is 7.92. The van der Waals surface area contributed by atoms with Crippen molar-refractivity contribution < 1.29 is 13.2 Å². The highest BCUT2D eigenvalue weighted by atomic mass is 32.2. The first kappa shape index (κ1) is 19.4. The molecule has 0 radical (unpaired) electrons. The Bertz CT molecular complexity index is 674. The van der Waals surface area contributed by atoms with Crippen LogP contribution in [0, 0.1) is 5.92 Å². The lowest BCUT2D eigenvalue weighted by Crippen LogP contribution is -2.35. The molecule has 3 rings (SSSR count). The van der Waals surface area contributed by atoms with E-state index in [4.69, 9.17) is 0 Å². The predicted octanol–water partition coefficient (Wildman–Crippen LogP) is 4.17. The van der Waals surface area contributed by atoms with E-state index in [1.165, 1.54) is 19.3 Å². The predicted molar refractivity (Wildman–Crippen MR) is 105 cm³/mol. The van der Waals surface area contributed by atoms with Crippen LogP contribution < -0.4 is 5.32 Å². The molecule has 2 aliphatic carbocycles. The summed E-state index contributed by atoms with van der Waals surface area (Å²) in [6, 6.07) is 10.1. The van der Waals surface area contributed by atoms with Crippen LogP contribution in [0.3, 0.4) is 0 Å². The van der Waals surface area contributed by atoms with Crippen molar-refractivity contribution in [2.24, 2.45) is 5.92 Å². The Hall–Kier alpha value is -1.36. The van der Waals surface area contributed by atoms with Crippen LogP contribution in [-0.4, -0.2) is 25.3 Å². The molecule has 5 heteroatoms. The Morgan fingerprint density at radius 1 is 0.962 bits per heavy atom. The zero-order valence-electron chi connectivity index (χ0n) is 15.5. The summed E-state index contributed by atoms with van der Waals surface area (Å²) in [6.45, 7) is 0. The lowest BCUT2D eigenvalue weighted by atomic mass is 9.81. The van der Waals surface area contributed by atoms with E-state index >= 15 is 0 Å². The molecule has 0 spiro atoms. The van der Waals surface area contributed by atoms with Crippen molar-refractivity contribution in [2.45, 2.75) is 75.5 Å². The van der Waals surface area contributed by atoms with E-state index in [1.807, 2.05) is 18.2 Å². The van der Waals surface area contributed by atoms with E-state index in [0.717, 1.165) is 44.1 Å². The average Bonchev–Trinajstić information content (AvgIpc) is 3.22. The van der Waals surface area contributed by atoms with Gasteiger partial charge in [-0.25, -0.2) is 8.42 Å². The largest absolute Gasteiger partial charge is 0.349 e. The van der Waals surface area contributed by atoms with Crippen molar-refractivity contribution in [1.29, 1.82) is 0 Å². The first-order chi connectivity index (χ1) is 12.6. The lowest BCUT2D eigenvalue weighted by Gasteiger charge is -2.31. The third-order valence-electron chi connectivity index (χ3n) is 6.02. The van der Waals surface area contributed by atoms with Crippen LogP contribution >= 0.6 is 0 Å². The molecule has 1 aromatic rings. The smallest absolute Gasteiger partial charge is 0.221 e. The number of carbonyl (C=O) groups is 1. The minimum Gasteiger partial charge on any atom is -0.349 e. The second kappa shape index (κ2) is 9.03. The van der Waals surface area contributed by atoms with Crippen molar-refractivity contribution in [2.75, 3.05) is 5.75 Å². The van der Waals surface area contributed by atoms with Crippen LogP contribution in [0.2, 0.25) is 0 Å². The molecule has 0 unspecified atom stereocenters. The van der Waals surface area contributed by atoms with Crippen molar-refractivity contribution in [3.63, 3.8) is 0 Å². The summed E-state index contributed by atoms with van der Waals surface area (Å²) < 4.78 is 24.8. The van der Waals surface area contributed by atoms with Crippen molar-refractivity contribution in [3.05, 3.63) is 35.9 Å². The van der Waals surface area contributed by atoms with Crippen LogP contribution in [-0.2, 0) is 14.6 Å². The molecule has 2 aliphatic rings. The van der Waals surface area contributed by atoms with Crippen LogP contribution in [0.15, 0.2) is 30.3 Å². The van der Waals surface area contributed by atoms with Gasteiger partial charge in [-0.2, -0.15) is 0 Å². The molecule has 1 N–H and O–H groups in total. The quantitative estimate of drug-likeness (QED) is 0.775. The van der Waals surface area contributed by atoms with Crippen LogP contribution in [0.4, 0.5) is 0 Å². The summed E-state index contributed by atoms with van der Waals surface area (Å²) in [6.07, 6.45) is 9.53. The minimum atomic E-state index is -3.14. The van der Waals surface area contributed by atoms with Crippen molar-refractivity contribution in [3.8, 4) is 0 Å². The number of hydrogen-bond donors (Lipinski definition) is 1. The topological polar surface area (TPSA) is 63.2 Å². The molecular formula is C21H31NO3S. The van der Waals surface area contributed by atoms with Gasteiger partial charge in [0, 0.05) is 6.42 Å². The van der Waals surface area contributed by atoms with Gasteiger partial charge >= 0.3 is 0 Å². The molecule has 1 amide bonds. The first-order valence-corrected chi connectivity index (χ1v) is 11.8. The summed E-state index contributed by atoms with van der Waals surface area (Å²) in [4.78, 5) is 12.6. The van der Waals surface area contributed by atoms with Gasteiger partial charge in [-0.3, -0.25) is 4.79 Å². The first-order valence-electron chi connectivity index (χ1n) is 10.1.